The van der Waals surface area contributed by atoms with Crippen LogP contribution in [0.25, 0.3) is 5.70 Å². The maximum Gasteiger partial charge on any atom is 0.288 e. The fraction of sp³-hybridized carbons (Fsp3) is 0.150. The van der Waals surface area contributed by atoms with Gasteiger partial charge in [0.25, 0.3) is 5.91 Å². The van der Waals surface area contributed by atoms with Gasteiger partial charge in [0.05, 0.1) is 11.9 Å². The molecular weight excluding hydrogens is 424 g/mol. The van der Waals surface area contributed by atoms with Crippen molar-refractivity contribution in [3.8, 4) is 0 Å². The second kappa shape index (κ2) is 10.6. The molecule has 0 aliphatic heterocycles. The first-order valence-corrected chi connectivity index (χ1v) is 9.29. The Hall–Kier alpha value is -4.35. The third-order valence-electron chi connectivity index (χ3n) is 4.15. The van der Waals surface area contributed by atoms with Crippen LogP contribution in [-0.4, -0.2) is 33.3 Å². The summed E-state index contributed by atoms with van der Waals surface area (Å²) in [5, 5.41) is 19.9. The number of hydrogen-bond acceptors (Lipinski definition) is 9. The summed E-state index contributed by atoms with van der Waals surface area (Å²) in [6.45, 7) is 0.0318. The second-order valence-electron chi connectivity index (χ2n) is 6.35. The number of aromatic nitrogens is 3. The molecule has 1 aromatic carbocycles. The summed E-state index contributed by atoms with van der Waals surface area (Å²) in [6.07, 6.45) is 3.31. The largest absolute Gasteiger partial charge is 0.379 e. The number of nitroso groups, excluding NO2 is 1. The van der Waals surface area contributed by atoms with E-state index in [4.69, 9.17) is 9.93 Å². The van der Waals surface area contributed by atoms with Crippen molar-refractivity contribution in [2.45, 2.75) is 13.0 Å². The van der Waals surface area contributed by atoms with Crippen LogP contribution >= 0.6 is 0 Å². The van der Waals surface area contributed by atoms with Gasteiger partial charge in [-0.1, -0.05) is 23.4 Å². The van der Waals surface area contributed by atoms with E-state index in [-0.39, 0.29) is 36.9 Å². The van der Waals surface area contributed by atoms with Gasteiger partial charge in [-0.3, -0.25) is 10.2 Å². The van der Waals surface area contributed by atoms with E-state index in [2.05, 4.69) is 30.9 Å². The number of nitrogens with one attached hydrogen (secondary N) is 3. The Balaban J connectivity index is 1.79. The molecule has 0 radical (unpaired) electrons. The van der Waals surface area contributed by atoms with Crippen molar-refractivity contribution in [1.29, 1.82) is 5.41 Å². The van der Waals surface area contributed by atoms with Crippen LogP contribution in [0.2, 0.25) is 0 Å². The van der Waals surface area contributed by atoms with Crippen LogP contribution in [0.3, 0.4) is 0 Å². The number of carbonyl (C=O) groups excluding carboxylic acids is 1. The van der Waals surface area contributed by atoms with E-state index in [1.165, 1.54) is 18.4 Å². The molecule has 3 aromatic rings. The van der Waals surface area contributed by atoms with E-state index in [9.17, 15) is 18.5 Å². The Bertz CT molecular complexity index is 1150. The highest BCUT2D eigenvalue weighted by Gasteiger charge is 2.13. The third-order valence-corrected chi connectivity index (χ3v) is 4.15. The fourth-order valence-electron chi connectivity index (χ4n) is 2.56. The highest BCUT2D eigenvalue weighted by Crippen LogP contribution is 2.15. The molecule has 0 atom stereocenters. The molecule has 1 amide bonds. The number of halogens is 2. The standard InChI is InChI=1S/C20H17F2N7O3/c21-13-4-2-1-3-12(13)10-25-17(16-6-8-32-29-16)9-15(23)20-26-11-14(22)19(27-20)24-7-5-18(30)28-31/h1-4,6,8-9,11,23,25H,5,7,10H2,(H,24,26,27)/b17-9-,23-15?. The lowest BCUT2D eigenvalue weighted by atomic mass is 10.2. The van der Waals surface area contributed by atoms with Gasteiger partial charge in [-0.15, -0.1) is 4.91 Å². The van der Waals surface area contributed by atoms with Gasteiger partial charge in [0.2, 0.25) is 0 Å². The van der Waals surface area contributed by atoms with E-state index < -0.39 is 17.5 Å². The first kappa shape index (κ1) is 22.3. The smallest absolute Gasteiger partial charge is 0.288 e. The highest BCUT2D eigenvalue weighted by molar-refractivity contribution is 6.07. The maximum absolute atomic E-state index is 14.0. The SMILES string of the molecule is N=C(/C=C(\NCc1ccccc1F)c1ccon1)c1ncc(F)c(NCCC(=O)N=O)n1. The van der Waals surface area contributed by atoms with Crippen LogP contribution in [-0.2, 0) is 11.3 Å². The number of hydrogen-bond donors (Lipinski definition) is 3. The van der Waals surface area contributed by atoms with Gasteiger partial charge in [-0.25, -0.2) is 18.7 Å². The van der Waals surface area contributed by atoms with Crippen LogP contribution < -0.4 is 10.6 Å². The lowest BCUT2D eigenvalue weighted by Gasteiger charge is -2.10. The molecule has 3 rings (SSSR count). The number of benzene rings is 1. The zero-order chi connectivity index (χ0) is 22.9. The molecular formula is C20H17F2N7O3. The van der Waals surface area contributed by atoms with Gasteiger partial charge in [-0.05, 0) is 12.1 Å². The monoisotopic (exact) mass is 441 g/mol. The first-order valence-electron chi connectivity index (χ1n) is 9.29. The van der Waals surface area contributed by atoms with Crippen LogP contribution in [0.4, 0.5) is 14.6 Å². The van der Waals surface area contributed by atoms with E-state index in [0.29, 0.717) is 17.0 Å². The highest BCUT2D eigenvalue weighted by atomic mass is 19.1. The number of rotatable bonds is 10. The maximum atomic E-state index is 14.0. The molecule has 164 valence electrons. The zero-order valence-electron chi connectivity index (χ0n) is 16.5. The second-order valence-corrected chi connectivity index (χ2v) is 6.35. The van der Waals surface area contributed by atoms with E-state index in [1.54, 1.807) is 24.3 Å². The summed E-state index contributed by atoms with van der Waals surface area (Å²) in [5.41, 5.74) is 0.888. The fourth-order valence-corrected chi connectivity index (χ4v) is 2.56. The minimum absolute atomic E-state index is 0.0739. The minimum Gasteiger partial charge on any atom is -0.379 e. The van der Waals surface area contributed by atoms with Gasteiger partial charge in [0.15, 0.2) is 17.5 Å². The number of anilines is 1. The topological polar surface area (TPSA) is 146 Å². The molecule has 10 nitrogen and oxygen atoms in total. The summed E-state index contributed by atoms with van der Waals surface area (Å²) in [6, 6.07) is 7.76. The van der Waals surface area contributed by atoms with Crippen molar-refractivity contribution >= 4 is 23.1 Å². The van der Waals surface area contributed by atoms with Crippen LogP contribution in [0, 0.1) is 22.0 Å². The summed E-state index contributed by atoms with van der Waals surface area (Å²) in [7, 11) is 0. The molecule has 2 aromatic heterocycles. The molecule has 32 heavy (non-hydrogen) atoms. The first-order chi connectivity index (χ1) is 15.5. The Morgan fingerprint density at radius 2 is 2.03 bits per heavy atom. The lowest BCUT2D eigenvalue weighted by molar-refractivity contribution is -0.117. The van der Waals surface area contributed by atoms with Crippen LogP contribution in [0.1, 0.15) is 23.5 Å². The summed E-state index contributed by atoms with van der Waals surface area (Å²) < 4.78 is 32.7. The van der Waals surface area contributed by atoms with Crippen molar-refractivity contribution in [2.75, 3.05) is 11.9 Å². The molecule has 12 heteroatoms. The van der Waals surface area contributed by atoms with Crippen molar-refractivity contribution in [1.82, 2.24) is 20.4 Å². The Kier molecular flexibility index (Phi) is 7.41. The van der Waals surface area contributed by atoms with Gasteiger partial charge in [-0.2, -0.15) is 0 Å². The normalized spacial score (nSPS) is 11.1. The Morgan fingerprint density at radius 3 is 2.75 bits per heavy atom. The lowest BCUT2D eigenvalue weighted by Crippen LogP contribution is -2.16. The van der Waals surface area contributed by atoms with Gasteiger partial charge >= 0.3 is 0 Å². The molecule has 0 aliphatic carbocycles. The molecule has 0 aliphatic rings. The minimum atomic E-state index is -0.888. The number of allylic oxidation sites excluding steroid dienone is 1. The molecule has 0 saturated heterocycles. The third kappa shape index (κ3) is 5.84. The average molecular weight is 441 g/mol. The van der Waals surface area contributed by atoms with Gasteiger partial charge < -0.3 is 15.2 Å². The molecule has 2 heterocycles. The Morgan fingerprint density at radius 1 is 1.22 bits per heavy atom. The predicted molar refractivity (Wildman–Crippen MR) is 110 cm³/mol. The van der Waals surface area contributed by atoms with Crippen molar-refractivity contribution in [2.24, 2.45) is 5.18 Å². The molecule has 0 unspecified atom stereocenters. The van der Waals surface area contributed by atoms with Crippen LogP contribution in [0.15, 0.2) is 58.6 Å². The number of nitrogens with zero attached hydrogens (tertiary/aromatic N) is 4. The average Bonchev–Trinajstić information content (AvgIpc) is 3.33. The molecule has 3 N–H and O–H groups in total. The zero-order valence-corrected chi connectivity index (χ0v) is 16.5. The summed E-state index contributed by atoms with van der Waals surface area (Å²) >= 11 is 0. The molecule has 0 fully saturated rings. The number of carbonyl (C=O) groups is 1. The van der Waals surface area contributed by atoms with Crippen molar-refractivity contribution < 1.29 is 18.1 Å². The summed E-state index contributed by atoms with van der Waals surface area (Å²) in [5.74, 6) is -2.44. The predicted octanol–water partition coefficient (Wildman–Crippen LogP) is 3.04. The van der Waals surface area contributed by atoms with Crippen LogP contribution in [0.5, 0.6) is 0 Å². The molecule has 0 saturated carbocycles. The molecule has 0 bridgehead atoms. The van der Waals surface area contributed by atoms with E-state index >= 15 is 0 Å². The van der Waals surface area contributed by atoms with E-state index in [1.807, 2.05) is 0 Å². The van der Waals surface area contributed by atoms with Gasteiger partial charge in [0, 0.05) is 36.3 Å². The molecule has 0 spiro atoms. The Labute approximate surface area is 180 Å². The van der Waals surface area contributed by atoms with Crippen molar-refractivity contribution in [3.05, 3.63) is 82.5 Å². The summed E-state index contributed by atoms with van der Waals surface area (Å²) in [4.78, 5) is 28.8. The number of amides is 1. The van der Waals surface area contributed by atoms with Crippen molar-refractivity contribution in [3.63, 3.8) is 0 Å². The van der Waals surface area contributed by atoms with E-state index in [0.717, 1.165) is 6.20 Å². The van der Waals surface area contributed by atoms with Gasteiger partial charge in [0.1, 0.15) is 23.5 Å². The quantitative estimate of drug-likeness (QED) is 0.321.